The van der Waals surface area contributed by atoms with Crippen LogP contribution in [0.2, 0.25) is 0 Å². The standard InChI is InChI=1S/C34H28O17/c35-19-5-1-15(9-23(19)39)31(43)47-14-28-30(51-34(46)18-4-8-22(38)26(42)12-18)27(49-32(44)16-2-6-20(36)24(40)10-16)13-29(48-28)50-33(45)17-3-7-21(37)25(41)11-17/h1-12,27-30,35-42H,13-14H2/t27-,28-,29?,30-/m1/s1. The van der Waals surface area contributed by atoms with Crippen molar-refractivity contribution in [1.82, 2.24) is 0 Å². The molecule has 4 aromatic carbocycles. The second-order valence-corrected chi connectivity index (χ2v) is 11.0. The summed E-state index contributed by atoms with van der Waals surface area (Å²) in [6.07, 6.45) is -6.95. The zero-order chi connectivity index (χ0) is 37.0. The van der Waals surface area contributed by atoms with Gasteiger partial charge in [0.25, 0.3) is 0 Å². The summed E-state index contributed by atoms with van der Waals surface area (Å²) in [5, 5.41) is 78.0. The second kappa shape index (κ2) is 14.7. The molecule has 17 heteroatoms. The third-order valence-electron chi connectivity index (χ3n) is 7.45. The van der Waals surface area contributed by atoms with Crippen molar-refractivity contribution < 1.29 is 83.7 Å². The van der Waals surface area contributed by atoms with E-state index in [-0.39, 0.29) is 22.3 Å². The molecular weight excluding hydrogens is 680 g/mol. The summed E-state index contributed by atoms with van der Waals surface area (Å²) in [6, 6.07) is 12.1. The van der Waals surface area contributed by atoms with Crippen LogP contribution in [0.25, 0.3) is 0 Å². The molecule has 4 atom stereocenters. The molecule has 0 bridgehead atoms. The smallest absolute Gasteiger partial charge is 0.340 e. The zero-order valence-electron chi connectivity index (χ0n) is 25.9. The van der Waals surface area contributed by atoms with Gasteiger partial charge in [0.05, 0.1) is 28.7 Å². The highest BCUT2D eigenvalue weighted by molar-refractivity contribution is 5.92. The largest absolute Gasteiger partial charge is 0.504 e. The van der Waals surface area contributed by atoms with Crippen molar-refractivity contribution in [3.05, 3.63) is 95.1 Å². The first-order chi connectivity index (χ1) is 24.2. The van der Waals surface area contributed by atoms with Gasteiger partial charge in [-0.25, -0.2) is 19.2 Å². The van der Waals surface area contributed by atoms with Gasteiger partial charge < -0.3 is 64.5 Å². The average Bonchev–Trinajstić information content (AvgIpc) is 3.09. The SMILES string of the molecule is O=C(OC[C@H]1OC(OC(=O)c2ccc(O)c(O)c2)C[C@@H](OC(=O)c2ccc(O)c(O)c2)[C@H]1OC(=O)c1ccc(O)c(O)c1)c1ccc(O)c(O)c1. The van der Waals surface area contributed by atoms with Gasteiger partial charge in [0.1, 0.15) is 18.8 Å². The van der Waals surface area contributed by atoms with Crippen LogP contribution in [0.15, 0.2) is 72.8 Å². The van der Waals surface area contributed by atoms with Crippen LogP contribution in [0.3, 0.4) is 0 Å². The first kappa shape index (κ1) is 35.4. The van der Waals surface area contributed by atoms with Crippen LogP contribution in [0.1, 0.15) is 47.9 Å². The van der Waals surface area contributed by atoms with E-state index in [1.807, 2.05) is 0 Å². The fourth-order valence-electron chi connectivity index (χ4n) is 4.80. The summed E-state index contributed by atoms with van der Waals surface area (Å²) in [6.45, 7) is -0.776. The third-order valence-corrected chi connectivity index (χ3v) is 7.45. The van der Waals surface area contributed by atoms with E-state index in [1.54, 1.807) is 0 Å². The molecule has 8 N–H and O–H groups in total. The van der Waals surface area contributed by atoms with E-state index in [4.69, 9.17) is 23.7 Å². The monoisotopic (exact) mass is 708 g/mol. The minimum atomic E-state index is -1.66. The summed E-state index contributed by atoms with van der Waals surface area (Å²) in [5.74, 6) is -9.17. The lowest BCUT2D eigenvalue weighted by Gasteiger charge is -2.39. The van der Waals surface area contributed by atoms with Crippen molar-refractivity contribution in [2.75, 3.05) is 6.61 Å². The molecule has 1 fully saturated rings. The molecule has 0 aromatic heterocycles. The molecule has 1 aliphatic rings. The van der Waals surface area contributed by atoms with Crippen LogP contribution in [-0.2, 0) is 23.7 Å². The Morgan fingerprint density at radius 3 is 1.29 bits per heavy atom. The van der Waals surface area contributed by atoms with Crippen LogP contribution in [0.5, 0.6) is 46.0 Å². The Hall–Kier alpha value is -6.88. The van der Waals surface area contributed by atoms with Crippen molar-refractivity contribution in [3.63, 3.8) is 0 Å². The molecule has 0 spiro atoms. The molecule has 1 saturated heterocycles. The van der Waals surface area contributed by atoms with Gasteiger partial charge in [-0.05, 0) is 72.8 Å². The highest BCUT2D eigenvalue weighted by Crippen LogP contribution is 2.33. The Kier molecular flexibility index (Phi) is 10.2. The molecule has 0 amide bonds. The van der Waals surface area contributed by atoms with Gasteiger partial charge >= 0.3 is 23.9 Å². The third kappa shape index (κ3) is 8.23. The van der Waals surface area contributed by atoms with E-state index in [0.29, 0.717) is 0 Å². The predicted octanol–water partition coefficient (Wildman–Crippen LogP) is 2.91. The van der Waals surface area contributed by atoms with Crippen LogP contribution in [0.4, 0.5) is 0 Å². The number of carbonyl (C=O) groups is 4. The molecule has 1 heterocycles. The molecule has 1 aliphatic heterocycles. The lowest BCUT2D eigenvalue weighted by Crippen LogP contribution is -2.54. The summed E-state index contributed by atoms with van der Waals surface area (Å²) in [7, 11) is 0. The summed E-state index contributed by atoms with van der Waals surface area (Å²) < 4.78 is 27.9. The lowest BCUT2D eigenvalue weighted by molar-refractivity contribution is -0.238. The Bertz CT molecular complexity index is 1990. The van der Waals surface area contributed by atoms with E-state index in [1.165, 1.54) is 0 Å². The topological polar surface area (TPSA) is 276 Å². The molecule has 0 aliphatic carbocycles. The maximum atomic E-state index is 13.3. The number of hydrogen-bond donors (Lipinski definition) is 8. The highest BCUT2D eigenvalue weighted by Gasteiger charge is 2.46. The van der Waals surface area contributed by atoms with Gasteiger partial charge in [-0.1, -0.05) is 0 Å². The Morgan fingerprint density at radius 2 is 0.882 bits per heavy atom. The Morgan fingerprint density at radius 1 is 0.510 bits per heavy atom. The van der Waals surface area contributed by atoms with E-state index >= 15 is 0 Å². The molecule has 17 nitrogen and oxygen atoms in total. The van der Waals surface area contributed by atoms with Crippen LogP contribution >= 0.6 is 0 Å². The van der Waals surface area contributed by atoms with Crippen molar-refractivity contribution in [2.24, 2.45) is 0 Å². The highest BCUT2D eigenvalue weighted by atomic mass is 16.7. The van der Waals surface area contributed by atoms with Crippen LogP contribution in [0, 0.1) is 0 Å². The number of esters is 4. The minimum absolute atomic E-state index is 0.223. The number of aromatic hydroxyl groups is 8. The van der Waals surface area contributed by atoms with Crippen LogP contribution < -0.4 is 0 Å². The van der Waals surface area contributed by atoms with E-state index < -0.39 is 108 Å². The van der Waals surface area contributed by atoms with Gasteiger partial charge in [-0.2, -0.15) is 0 Å². The Balaban J connectivity index is 1.48. The summed E-state index contributed by atoms with van der Waals surface area (Å²) >= 11 is 0. The van der Waals surface area contributed by atoms with Crippen molar-refractivity contribution in [3.8, 4) is 46.0 Å². The number of benzene rings is 4. The lowest BCUT2D eigenvalue weighted by atomic mass is 10.0. The average molecular weight is 709 g/mol. The molecule has 0 radical (unpaired) electrons. The quantitative estimate of drug-likeness (QED) is 0.0705. The molecule has 1 unspecified atom stereocenters. The Labute approximate surface area is 286 Å². The number of hydrogen-bond acceptors (Lipinski definition) is 17. The van der Waals surface area contributed by atoms with Gasteiger partial charge in [-0.15, -0.1) is 0 Å². The van der Waals surface area contributed by atoms with Crippen molar-refractivity contribution in [2.45, 2.75) is 31.0 Å². The number of phenolic OH excluding ortho intramolecular Hbond substituents is 8. The number of rotatable bonds is 9. The number of phenols is 8. The predicted molar refractivity (Wildman–Crippen MR) is 166 cm³/mol. The van der Waals surface area contributed by atoms with Gasteiger partial charge in [0, 0.05) is 0 Å². The molecule has 266 valence electrons. The number of carbonyl (C=O) groups excluding carboxylic acids is 4. The van der Waals surface area contributed by atoms with Crippen molar-refractivity contribution >= 4 is 23.9 Å². The minimum Gasteiger partial charge on any atom is -0.504 e. The molecule has 5 rings (SSSR count). The first-order valence-corrected chi connectivity index (χ1v) is 14.7. The molecule has 51 heavy (non-hydrogen) atoms. The normalized spacial score (nSPS) is 18.3. The fourth-order valence-corrected chi connectivity index (χ4v) is 4.80. The van der Waals surface area contributed by atoms with Gasteiger partial charge in [0.15, 0.2) is 52.1 Å². The first-order valence-electron chi connectivity index (χ1n) is 14.7. The van der Waals surface area contributed by atoms with E-state index in [2.05, 4.69) is 0 Å². The summed E-state index contributed by atoms with van der Waals surface area (Å²) in [4.78, 5) is 52.4. The van der Waals surface area contributed by atoms with E-state index in [9.17, 15) is 60.0 Å². The maximum absolute atomic E-state index is 13.3. The van der Waals surface area contributed by atoms with E-state index in [0.717, 1.165) is 72.8 Å². The van der Waals surface area contributed by atoms with Crippen LogP contribution in [-0.4, -0.2) is 95.9 Å². The van der Waals surface area contributed by atoms with Gasteiger partial charge in [0.2, 0.25) is 6.29 Å². The van der Waals surface area contributed by atoms with Crippen molar-refractivity contribution in [1.29, 1.82) is 0 Å². The molecule has 4 aromatic rings. The molecular formula is C34H28O17. The molecule has 0 saturated carbocycles. The zero-order valence-corrected chi connectivity index (χ0v) is 25.9. The summed E-state index contributed by atoms with van der Waals surface area (Å²) in [5.41, 5.74) is -1.01. The fraction of sp³-hybridized carbons (Fsp3) is 0.176. The number of ether oxygens (including phenoxy) is 5. The maximum Gasteiger partial charge on any atom is 0.340 e. The van der Waals surface area contributed by atoms with Gasteiger partial charge in [-0.3, -0.25) is 0 Å². The second-order valence-electron chi connectivity index (χ2n) is 11.0.